The fraction of sp³-hybridized carbons (Fsp3) is 0.636. The zero-order valence-electron chi connectivity index (χ0n) is 9.48. The molecule has 0 spiro atoms. The molecule has 1 aliphatic rings. The predicted octanol–water partition coefficient (Wildman–Crippen LogP) is 1.06. The van der Waals surface area contributed by atoms with E-state index in [9.17, 15) is 0 Å². The summed E-state index contributed by atoms with van der Waals surface area (Å²) in [5.41, 5.74) is 6.51. The lowest BCUT2D eigenvalue weighted by atomic mass is 10.2. The lowest BCUT2D eigenvalue weighted by molar-refractivity contribution is -0.0409. The number of nitrogens with zero attached hydrogens (tertiary/aromatic N) is 2. The summed E-state index contributed by atoms with van der Waals surface area (Å²) in [5.74, 6) is 1.15. The van der Waals surface area contributed by atoms with Gasteiger partial charge < -0.3 is 15.2 Å². The summed E-state index contributed by atoms with van der Waals surface area (Å²) in [7, 11) is 0. The number of aromatic nitrogens is 2. The highest BCUT2D eigenvalue weighted by Crippen LogP contribution is 2.12. The summed E-state index contributed by atoms with van der Waals surface area (Å²) in [6.07, 6.45) is 2.15. The van der Waals surface area contributed by atoms with Crippen LogP contribution in [0.1, 0.15) is 24.4 Å². The van der Waals surface area contributed by atoms with E-state index in [1.54, 1.807) is 6.07 Å². The summed E-state index contributed by atoms with van der Waals surface area (Å²) in [6, 6.07) is 1.75. The fourth-order valence-corrected chi connectivity index (χ4v) is 1.76. The van der Waals surface area contributed by atoms with Gasteiger partial charge in [-0.2, -0.15) is 0 Å². The molecule has 0 bridgehead atoms. The van der Waals surface area contributed by atoms with Gasteiger partial charge in [-0.25, -0.2) is 9.97 Å². The molecule has 2 heterocycles. The minimum Gasteiger partial charge on any atom is -0.384 e. The molecule has 2 rings (SSSR count). The number of rotatable bonds is 3. The molecule has 0 aromatic carbocycles. The minimum atomic E-state index is 0.263. The second-order valence-corrected chi connectivity index (χ2v) is 3.97. The average molecular weight is 223 g/mol. The molecule has 0 radical (unpaired) electrons. The molecule has 16 heavy (non-hydrogen) atoms. The van der Waals surface area contributed by atoms with Crippen molar-refractivity contribution in [2.24, 2.45) is 0 Å². The van der Waals surface area contributed by atoms with Crippen LogP contribution in [0.4, 0.5) is 5.82 Å². The van der Waals surface area contributed by atoms with Crippen LogP contribution in [0.5, 0.6) is 0 Å². The van der Waals surface area contributed by atoms with Crippen molar-refractivity contribution < 1.29 is 9.47 Å². The van der Waals surface area contributed by atoms with Gasteiger partial charge in [-0.3, -0.25) is 0 Å². The minimum absolute atomic E-state index is 0.263. The van der Waals surface area contributed by atoms with Gasteiger partial charge in [0.1, 0.15) is 12.4 Å². The summed E-state index contributed by atoms with van der Waals surface area (Å²) >= 11 is 0. The molecule has 2 N–H and O–H groups in total. The largest absolute Gasteiger partial charge is 0.384 e. The lowest BCUT2D eigenvalue weighted by Gasteiger charge is -2.22. The smallest absolute Gasteiger partial charge is 0.156 e. The lowest BCUT2D eigenvalue weighted by Crippen LogP contribution is -2.23. The van der Waals surface area contributed by atoms with E-state index in [1.807, 2.05) is 6.92 Å². The molecular formula is C11H17N3O2. The Morgan fingerprint density at radius 2 is 2.19 bits per heavy atom. The summed E-state index contributed by atoms with van der Waals surface area (Å²) < 4.78 is 11.0. The Kier molecular flexibility index (Phi) is 3.69. The highest BCUT2D eigenvalue weighted by atomic mass is 16.5. The second kappa shape index (κ2) is 5.23. The van der Waals surface area contributed by atoms with Crippen molar-refractivity contribution in [1.82, 2.24) is 9.97 Å². The van der Waals surface area contributed by atoms with Crippen LogP contribution in [0.2, 0.25) is 0 Å². The molecule has 0 aliphatic carbocycles. The first-order valence-electron chi connectivity index (χ1n) is 5.53. The van der Waals surface area contributed by atoms with Gasteiger partial charge in [0.25, 0.3) is 0 Å². The molecule has 5 heteroatoms. The number of aryl methyl sites for hydroxylation is 1. The van der Waals surface area contributed by atoms with Crippen molar-refractivity contribution in [3.05, 3.63) is 17.6 Å². The predicted molar refractivity (Wildman–Crippen MR) is 59.8 cm³/mol. The van der Waals surface area contributed by atoms with E-state index in [1.165, 1.54) is 0 Å². The quantitative estimate of drug-likeness (QED) is 0.829. The topological polar surface area (TPSA) is 70.3 Å². The average Bonchev–Trinajstić information content (AvgIpc) is 2.27. The highest BCUT2D eigenvalue weighted by Gasteiger charge is 2.14. The summed E-state index contributed by atoms with van der Waals surface area (Å²) in [6.45, 7) is 3.88. The number of ether oxygens (including phenoxy) is 2. The summed E-state index contributed by atoms with van der Waals surface area (Å²) in [4.78, 5) is 8.40. The molecular weight excluding hydrogens is 206 g/mol. The number of hydrogen-bond acceptors (Lipinski definition) is 5. The van der Waals surface area contributed by atoms with Crippen molar-refractivity contribution in [2.45, 2.75) is 32.5 Å². The van der Waals surface area contributed by atoms with E-state index in [0.717, 1.165) is 31.7 Å². The van der Waals surface area contributed by atoms with E-state index in [4.69, 9.17) is 15.2 Å². The molecule has 1 fully saturated rings. The maximum Gasteiger partial charge on any atom is 0.156 e. The zero-order chi connectivity index (χ0) is 11.4. The Labute approximate surface area is 95.0 Å². The number of nitrogens with two attached hydrogens (primary N) is 1. The number of hydrogen-bond donors (Lipinski definition) is 1. The first kappa shape index (κ1) is 11.3. The van der Waals surface area contributed by atoms with Gasteiger partial charge in [-0.15, -0.1) is 0 Å². The first-order chi connectivity index (χ1) is 7.74. The monoisotopic (exact) mass is 223 g/mol. The van der Waals surface area contributed by atoms with E-state index in [0.29, 0.717) is 18.2 Å². The van der Waals surface area contributed by atoms with Crippen LogP contribution < -0.4 is 5.73 Å². The van der Waals surface area contributed by atoms with Crippen LogP contribution in [0.3, 0.4) is 0 Å². The third-order valence-corrected chi connectivity index (χ3v) is 2.54. The number of anilines is 1. The Morgan fingerprint density at radius 3 is 2.88 bits per heavy atom. The van der Waals surface area contributed by atoms with Gasteiger partial charge in [0.2, 0.25) is 0 Å². The molecule has 1 aliphatic heterocycles. The van der Waals surface area contributed by atoms with Crippen LogP contribution in [-0.2, 0) is 16.1 Å². The summed E-state index contributed by atoms with van der Waals surface area (Å²) in [5, 5.41) is 0. The van der Waals surface area contributed by atoms with Gasteiger partial charge in [0.15, 0.2) is 5.82 Å². The van der Waals surface area contributed by atoms with Crippen LogP contribution in [0.15, 0.2) is 6.07 Å². The van der Waals surface area contributed by atoms with E-state index in [2.05, 4.69) is 9.97 Å². The molecule has 1 aromatic heterocycles. The van der Waals surface area contributed by atoms with E-state index < -0.39 is 0 Å². The maximum absolute atomic E-state index is 5.72. The van der Waals surface area contributed by atoms with E-state index >= 15 is 0 Å². The Balaban J connectivity index is 1.88. The van der Waals surface area contributed by atoms with Crippen molar-refractivity contribution >= 4 is 5.82 Å². The standard InChI is InChI=1S/C11H17N3O2/c1-8-6-10(12)14-11(13-8)7-16-9-2-4-15-5-3-9/h6,9H,2-5,7H2,1H3,(H2,12,13,14). The molecule has 0 atom stereocenters. The van der Waals surface area contributed by atoms with Gasteiger partial charge in [-0.05, 0) is 19.8 Å². The Hall–Kier alpha value is -1.20. The van der Waals surface area contributed by atoms with Crippen molar-refractivity contribution in [1.29, 1.82) is 0 Å². The van der Waals surface area contributed by atoms with Gasteiger partial charge in [0.05, 0.1) is 6.10 Å². The third kappa shape index (κ3) is 3.15. The zero-order valence-corrected chi connectivity index (χ0v) is 9.48. The second-order valence-electron chi connectivity index (χ2n) is 3.97. The van der Waals surface area contributed by atoms with Crippen molar-refractivity contribution in [2.75, 3.05) is 18.9 Å². The molecule has 5 nitrogen and oxygen atoms in total. The van der Waals surface area contributed by atoms with Crippen molar-refractivity contribution in [3.8, 4) is 0 Å². The molecule has 1 aromatic rings. The van der Waals surface area contributed by atoms with E-state index in [-0.39, 0.29) is 6.10 Å². The third-order valence-electron chi connectivity index (χ3n) is 2.54. The molecule has 1 saturated heterocycles. The van der Waals surface area contributed by atoms with Gasteiger partial charge in [0, 0.05) is 25.0 Å². The molecule has 0 unspecified atom stereocenters. The van der Waals surface area contributed by atoms with Crippen LogP contribution in [0, 0.1) is 6.92 Å². The SMILES string of the molecule is Cc1cc(N)nc(COC2CCOCC2)n1. The van der Waals surface area contributed by atoms with Crippen LogP contribution in [-0.4, -0.2) is 29.3 Å². The van der Waals surface area contributed by atoms with Gasteiger partial charge >= 0.3 is 0 Å². The van der Waals surface area contributed by atoms with Crippen LogP contribution in [0.25, 0.3) is 0 Å². The van der Waals surface area contributed by atoms with Crippen molar-refractivity contribution in [3.63, 3.8) is 0 Å². The Bertz CT molecular complexity index is 331. The molecule has 88 valence electrons. The Morgan fingerprint density at radius 1 is 1.44 bits per heavy atom. The first-order valence-corrected chi connectivity index (χ1v) is 5.53. The van der Waals surface area contributed by atoms with Gasteiger partial charge in [-0.1, -0.05) is 0 Å². The number of nitrogen functional groups attached to an aromatic ring is 1. The molecule has 0 amide bonds. The highest BCUT2D eigenvalue weighted by molar-refractivity contribution is 5.28. The molecule has 0 saturated carbocycles. The van der Waals surface area contributed by atoms with Crippen LogP contribution >= 0.6 is 0 Å². The maximum atomic E-state index is 5.72. The normalized spacial score (nSPS) is 17.6. The fourth-order valence-electron chi connectivity index (χ4n) is 1.76.